The Bertz CT molecular complexity index is 317. The second-order valence-corrected chi connectivity index (χ2v) is 4.88. The fourth-order valence-electron chi connectivity index (χ4n) is 2.76. The molecular formula is C12H17NO2. The van der Waals surface area contributed by atoms with E-state index in [4.69, 9.17) is 0 Å². The van der Waals surface area contributed by atoms with Gasteiger partial charge < -0.3 is 0 Å². The highest BCUT2D eigenvalue weighted by atomic mass is 16.2. The first kappa shape index (κ1) is 10.4. The molecule has 1 heterocycles. The van der Waals surface area contributed by atoms with E-state index in [1.165, 1.54) is 17.1 Å². The maximum atomic E-state index is 11.5. The van der Waals surface area contributed by atoms with Gasteiger partial charge in [-0.1, -0.05) is 20.8 Å². The van der Waals surface area contributed by atoms with E-state index >= 15 is 0 Å². The molecule has 0 N–H and O–H groups in total. The maximum absolute atomic E-state index is 11.5. The van der Waals surface area contributed by atoms with Gasteiger partial charge in [0, 0.05) is 18.2 Å². The number of nitrogens with zero attached hydrogens (tertiary/aromatic N) is 1. The summed E-state index contributed by atoms with van der Waals surface area (Å²) in [6.45, 7) is 6.53. The van der Waals surface area contributed by atoms with Crippen molar-refractivity contribution in [2.75, 3.05) is 0 Å². The average Bonchev–Trinajstić information content (AvgIpc) is 2.63. The van der Waals surface area contributed by atoms with Crippen LogP contribution < -0.4 is 0 Å². The first-order valence-electron chi connectivity index (χ1n) is 5.57. The maximum Gasteiger partial charge on any atom is 0.253 e. The molecule has 0 bridgehead atoms. The lowest BCUT2D eigenvalue weighted by Gasteiger charge is -2.26. The molecule has 2 rings (SSSR count). The van der Waals surface area contributed by atoms with Crippen molar-refractivity contribution in [3.63, 3.8) is 0 Å². The average molecular weight is 207 g/mol. The van der Waals surface area contributed by atoms with E-state index < -0.39 is 0 Å². The van der Waals surface area contributed by atoms with Crippen LogP contribution in [0.2, 0.25) is 0 Å². The molecule has 15 heavy (non-hydrogen) atoms. The van der Waals surface area contributed by atoms with E-state index in [-0.39, 0.29) is 17.9 Å². The fraction of sp³-hybridized carbons (Fsp3) is 0.667. The van der Waals surface area contributed by atoms with Crippen LogP contribution in [-0.4, -0.2) is 22.8 Å². The lowest BCUT2D eigenvalue weighted by atomic mass is 9.93. The lowest BCUT2D eigenvalue weighted by molar-refractivity contribution is -0.140. The van der Waals surface area contributed by atoms with Gasteiger partial charge in [0.2, 0.25) is 0 Å². The normalized spacial score (nSPS) is 40.6. The van der Waals surface area contributed by atoms with Crippen molar-refractivity contribution in [3.05, 3.63) is 12.2 Å². The van der Waals surface area contributed by atoms with Gasteiger partial charge in [-0.3, -0.25) is 14.5 Å². The van der Waals surface area contributed by atoms with Crippen molar-refractivity contribution in [1.82, 2.24) is 4.90 Å². The number of carbonyl (C=O) groups is 2. The van der Waals surface area contributed by atoms with Crippen LogP contribution in [0.1, 0.15) is 27.2 Å². The Hall–Kier alpha value is -1.12. The van der Waals surface area contributed by atoms with Gasteiger partial charge in [-0.15, -0.1) is 0 Å². The van der Waals surface area contributed by atoms with Crippen LogP contribution in [0, 0.1) is 17.8 Å². The Morgan fingerprint density at radius 3 is 2.00 bits per heavy atom. The molecule has 1 aliphatic carbocycles. The number of rotatable bonds is 1. The second-order valence-electron chi connectivity index (χ2n) is 4.88. The second kappa shape index (κ2) is 3.47. The van der Waals surface area contributed by atoms with E-state index in [1.54, 1.807) is 0 Å². The number of hydrogen-bond donors (Lipinski definition) is 0. The molecule has 0 aromatic rings. The molecule has 1 aliphatic heterocycles. The zero-order chi connectivity index (χ0) is 11.2. The summed E-state index contributed by atoms with van der Waals surface area (Å²) in [5, 5.41) is 0. The molecule has 0 saturated heterocycles. The Kier molecular flexibility index (Phi) is 2.41. The van der Waals surface area contributed by atoms with Gasteiger partial charge in [-0.25, -0.2) is 0 Å². The molecule has 3 nitrogen and oxygen atoms in total. The number of imide groups is 1. The Balaban J connectivity index is 2.19. The third-order valence-corrected chi connectivity index (χ3v) is 4.12. The van der Waals surface area contributed by atoms with E-state index in [1.807, 2.05) is 0 Å². The number of carbonyl (C=O) groups excluding carboxylic acids is 2. The topological polar surface area (TPSA) is 37.4 Å². The third kappa shape index (κ3) is 1.50. The van der Waals surface area contributed by atoms with Crippen molar-refractivity contribution in [1.29, 1.82) is 0 Å². The molecule has 0 spiro atoms. The van der Waals surface area contributed by atoms with Gasteiger partial charge in [0.05, 0.1) is 0 Å². The highest BCUT2D eigenvalue weighted by molar-refractivity contribution is 6.13. The fourth-order valence-corrected chi connectivity index (χ4v) is 2.76. The van der Waals surface area contributed by atoms with Crippen molar-refractivity contribution in [3.8, 4) is 0 Å². The van der Waals surface area contributed by atoms with Crippen molar-refractivity contribution >= 4 is 11.8 Å². The minimum atomic E-state index is -0.141. The summed E-state index contributed by atoms with van der Waals surface area (Å²) in [5.74, 6) is 1.30. The van der Waals surface area contributed by atoms with Gasteiger partial charge in [-0.05, 0) is 24.2 Å². The molecule has 0 aromatic carbocycles. The van der Waals surface area contributed by atoms with Crippen LogP contribution >= 0.6 is 0 Å². The Morgan fingerprint density at radius 2 is 1.60 bits per heavy atom. The monoisotopic (exact) mass is 207 g/mol. The lowest BCUT2D eigenvalue weighted by Crippen LogP contribution is -2.42. The Morgan fingerprint density at radius 1 is 1.07 bits per heavy atom. The smallest absolute Gasteiger partial charge is 0.253 e. The van der Waals surface area contributed by atoms with Crippen molar-refractivity contribution in [2.24, 2.45) is 17.8 Å². The minimum Gasteiger partial charge on any atom is -0.272 e. The van der Waals surface area contributed by atoms with E-state index in [2.05, 4.69) is 20.8 Å². The van der Waals surface area contributed by atoms with Gasteiger partial charge >= 0.3 is 0 Å². The SMILES string of the molecule is CC1CC(N2C(=O)C=CC2=O)C(C)C1C. The Labute approximate surface area is 90.1 Å². The molecule has 4 atom stereocenters. The van der Waals surface area contributed by atoms with Crippen molar-refractivity contribution in [2.45, 2.75) is 33.2 Å². The van der Waals surface area contributed by atoms with E-state index in [0.717, 1.165) is 6.42 Å². The van der Waals surface area contributed by atoms with Crippen LogP contribution in [0.15, 0.2) is 12.2 Å². The molecule has 1 fully saturated rings. The summed E-state index contributed by atoms with van der Waals surface area (Å²) in [4.78, 5) is 24.5. The van der Waals surface area contributed by atoms with Crippen LogP contribution in [-0.2, 0) is 9.59 Å². The highest BCUT2D eigenvalue weighted by Crippen LogP contribution is 2.39. The molecule has 1 saturated carbocycles. The van der Waals surface area contributed by atoms with Gasteiger partial charge in [-0.2, -0.15) is 0 Å². The molecule has 0 aromatic heterocycles. The first-order chi connectivity index (χ1) is 7.02. The zero-order valence-corrected chi connectivity index (χ0v) is 9.43. The summed E-state index contributed by atoms with van der Waals surface area (Å²) in [7, 11) is 0. The number of hydrogen-bond acceptors (Lipinski definition) is 2. The van der Waals surface area contributed by atoms with Crippen LogP contribution in [0.4, 0.5) is 0 Å². The summed E-state index contributed by atoms with van der Waals surface area (Å²) in [6.07, 6.45) is 3.70. The highest BCUT2D eigenvalue weighted by Gasteiger charge is 2.43. The summed E-state index contributed by atoms with van der Waals surface area (Å²) >= 11 is 0. The molecule has 2 amide bonds. The third-order valence-electron chi connectivity index (χ3n) is 4.12. The summed E-state index contributed by atoms with van der Waals surface area (Å²) < 4.78 is 0. The van der Waals surface area contributed by atoms with Crippen LogP contribution in [0.5, 0.6) is 0 Å². The van der Waals surface area contributed by atoms with Crippen molar-refractivity contribution < 1.29 is 9.59 Å². The predicted octanol–water partition coefficient (Wildman–Crippen LogP) is 1.59. The van der Waals surface area contributed by atoms with Gasteiger partial charge in [0.15, 0.2) is 0 Å². The van der Waals surface area contributed by atoms with Gasteiger partial charge in [0.1, 0.15) is 0 Å². The first-order valence-corrected chi connectivity index (χ1v) is 5.57. The summed E-state index contributed by atoms with van der Waals surface area (Å²) in [5.41, 5.74) is 0. The quantitative estimate of drug-likeness (QED) is 0.612. The van der Waals surface area contributed by atoms with E-state index in [9.17, 15) is 9.59 Å². The molecule has 82 valence electrons. The minimum absolute atomic E-state index is 0.102. The van der Waals surface area contributed by atoms with E-state index in [0.29, 0.717) is 17.8 Å². The van der Waals surface area contributed by atoms with Crippen LogP contribution in [0.3, 0.4) is 0 Å². The largest absolute Gasteiger partial charge is 0.272 e. The molecule has 3 heteroatoms. The van der Waals surface area contributed by atoms with Crippen LogP contribution in [0.25, 0.3) is 0 Å². The molecule has 4 unspecified atom stereocenters. The summed E-state index contributed by atoms with van der Waals surface area (Å²) in [6, 6.07) is 0.102. The standard InChI is InChI=1S/C12H17NO2/c1-7-6-10(9(3)8(7)2)13-11(14)4-5-12(13)15/h4-5,7-10H,6H2,1-3H3. The van der Waals surface area contributed by atoms with Gasteiger partial charge in [0.25, 0.3) is 11.8 Å². The predicted molar refractivity (Wildman–Crippen MR) is 56.9 cm³/mol. The molecule has 2 aliphatic rings. The molecular weight excluding hydrogens is 190 g/mol. The number of amides is 2. The zero-order valence-electron chi connectivity index (χ0n) is 9.43. The molecule has 0 radical (unpaired) electrons.